The maximum atomic E-state index is 13.3. The van der Waals surface area contributed by atoms with Crippen molar-refractivity contribution in [3.8, 4) is 75.4 Å². The first-order chi connectivity index (χ1) is 20.7. The molecule has 0 atom stereocenters. The molecule has 11 nitrogen and oxygen atoms in total. The molecule has 0 radical (unpaired) electrons. The second-order valence-electron chi connectivity index (χ2n) is 8.63. The van der Waals surface area contributed by atoms with E-state index in [0.717, 1.165) is 0 Å². The van der Waals surface area contributed by atoms with Crippen LogP contribution in [0.5, 0.6) is 51.7 Å². The maximum Gasteiger partial charge on any atom is 0.340 e. The molecule has 0 saturated heterocycles. The number of carbonyl (C=O) groups is 1. The van der Waals surface area contributed by atoms with Gasteiger partial charge in [-0.1, -0.05) is 30.6 Å². The fourth-order valence-electron chi connectivity index (χ4n) is 4.00. The number of hydrogen-bond acceptors (Lipinski definition) is 11. The molecular weight excluding hydrogens is 560 g/mol. The van der Waals surface area contributed by atoms with Gasteiger partial charge in [-0.25, -0.2) is 4.79 Å². The normalized spacial score (nSPS) is 9.93. The maximum absolute atomic E-state index is 13.3. The van der Waals surface area contributed by atoms with Crippen LogP contribution >= 0.6 is 0 Å². The van der Waals surface area contributed by atoms with Gasteiger partial charge in [0.05, 0.1) is 66.0 Å². The second kappa shape index (κ2) is 14.4. The van der Waals surface area contributed by atoms with Crippen LogP contribution in [0.4, 0.5) is 0 Å². The van der Waals surface area contributed by atoms with Crippen LogP contribution in [0.3, 0.4) is 0 Å². The predicted octanol–water partition coefficient (Wildman–Crippen LogP) is 4.22. The highest BCUT2D eigenvalue weighted by molar-refractivity contribution is 5.98. The molecule has 43 heavy (non-hydrogen) atoms. The van der Waals surface area contributed by atoms with E-state index >= 15 is 0 Å². The average molecular weight is 593 g/mol. The summed E-state index contributed by atoms with van der Waals surface area (Å²) in [6, 6.07) is 6.25. The van der Waals surface area contributed by atoms with E-state index in [1.807, 2.05) is 0 Å². The molecule has 226 valence electrons. The van der Waals surface area contributed by atoms with Crippen LogP contribution in [0.2, 0.25) is 0 Å². The summed E-state index contributed by atoms with van der Waals surface area (Å²) in [4.78, 5) is 13.3. The van der Waals surface area contributed by atoms with Crippen LogP contribution in [0.25, 0.3) is 0 Å². The zero-order valence-electron chi connectivity index (χ0n) is 24.8. The molecule has 3 aromatic carbocycles. The van der Waals surface area contributed by atoms with Crippen LogP contribution in [-0.4, -0.2) is 70.6 Å². The largest absolute Gasteiger partial charge is 0.503 e. The zero-order chi connectivity index (χ0) is 31.7. The van der Waals surface area contributed by atoms with Gasteiger partial charge in [-0.2, -0.15) is 0 Å². The Morgan fingerprint density at radius 1 is 0.605 bits per heavy atom. The summed E-state index contributed by atoms with van der Waals surface area (Å²) >= 11 is 0. The Kier molecular flexibility index (Phi) is 10.7. The minimum Gasteiger partial charge on any atom is -0.503 e. The van der Waals surface area contributed by atoms with Crippen LogP contribution in [0.1, 0.15) is 46.0 Å². The fourth-order valence-corrected chi connectivity index (χ4v) is 4.00. The summed E-state index contributed by atoms with van der Waals surface area (Å²) in [5, 5.41) is 32.2. The first-order valence-corrected chi connectivity index (χ1v) is 12.8. The Morgan fingerprint density at radius 2 is 0.977 bits per heavy atom. The number of rotatable bonds is 9. The Balaban J connectivity index is 2.31. The molecule has 0 aliphatic carbocycles. The van der Waals surface area contributed by atoms with Gasteiger partial charge >= 0.3 is 5.97 Å². The Hall–Kier alpha value is -5.55. The number of carbonyl (C=O) groups excluding carboxylic acids is 1. The summed E-state index contributed by atoms with van der Waals surface area (Å²) < 4.78 is 37.5. The molecule has 3 N–H and O–H groups in total. The SMILES string of the molecule is CCCOC(=O)c1c(C#Cc2cc(OC)c(OC)c(OC)c2)c(O)c(O)c(O)c1C#Cc1cc(OC)c(OC)c(OC)c1. The minimum atomic E-state index is -0.921. The highest BCUT2D eigenvalue weighted by atomic mass is 16.5. The van der Waals surface area contributed by atoms with Gasteiger partial charge in [-0.3, -0.25) is 0 Å². The van der Waals surface area contributed by atoms with E-state index in [9.17, 15) is 20.1 Å². The van der Waals surface area contributed by atoms with Crippen molar-refractivity contribution in [2.75, 3.05) is 49.3 Å². The first-order valence-electron chi connectivity index (χ1n) is 12.8. The molecule has 0 bridgehead atoms. The molecule has 0 aliphatic heterocycles. The van der Waals surface area contributed by atoms with E-state index in [0.29, 0.717) is 52.0 Å². The van der Waals surface area contributed by atoms with Crippen LogP contribution < -0.4 is 28.4 Å². The Bertz CT molecular complexity index is 1480. The molecule has 0 spiro atoms. The van der Waals surface area contributed by atoms with Gasteiger partial charge in [0.2, 0.25) is 17.2 Å². The molecule has 0 aromatic heterocycles. The van der Waals surface area contributed by atoms with E-state index in [4.69, 9.17) is 33.2 Å². The minimum absolute atomic E-state index is 0.0424. The number of methoxy groups -OCH3 is 6. The van der Waals surface area contributed by atoms with Gasteiger partial charge in [-0.15, -0.1) is 0 Å². The number of aromatic hydroxyl groups is 3. The summed E-state index contributed by atoms with van der Waals surface area (Å²) in [6.45, 7) is 1.84. The highest BCUT2D eigenvalue weighted by Gasteiger charge is 2.27. The molecule has 0 unspecified atom stereocenters. The van der Waals surface area contributed by atoms with Crippen LogP contribution in [-0.2, 0) is 4.74 Å². The van der Waals surface area contributed by atoms with E-state index < -0.39 is 23.2 Å². The molecule has 0 heterocycles. The topological polar surface area (TPSA) is 142 Å². The number of phenols is 3. The first kappa shape index (κ1) is 32.0. The highest BCUT2D eigenvalue weighted by Crippen LogP contribution is 2.44. The number of phenolic OH excluding ortho intramolecular Hbond substituents is 3. The molecule has 0 fully saturated rings. The average Bonchev–Trinajstić information content (AvgIpc) is 3.03. The van der Waals surface area contributed by atoms with Crippen LogP contribution in [0, 0.1) is 23.7 Å². The van der Waals surface area contributed by atoms with Crippen molar-refractivity contribution in [2.45, 2.75) is 13.3 Å². The molecule has 11 heteroatoms. The second-order valence-corrected chi connectivity index (χ2v) is 8.63. The van der Waals surface area contributed by atoms with Gasteiger partial charge in [-0.05, 0) is 30.7 Å². The summed E-state index contributed by atoms with van der Waals surface area (Å²) in [7, 11) is 8.69. The van der Waals surface area contributed by atoms with Crippen molar-refractivity contribution in [3.05, 3.63) is 52.1 Å². The quantitative estimate of drug-likeness (QED) is 0.187. The number of benzene rings is 3. The van der Waals surface area contributed by atoms with Gasteiger partial charge < -0.3 is 48.5 Å². The lowest BCUT2D eigenvalue weighted by Crippen LogP contribution is -2.11. The van der Waals surface area contributed by atoms with Crippen LogP contribution in [0.15, 0.2) is 24.3 Å². The third-order valence-electron chi connectivity index (χ3n) is 6.06. The molecule has 0 amide bonds. The van der Waals surface area contributed by atoms with Crippen molar-refractivity contribution in [1.82, 2.24) is 0 Å². The number of ether oxygens (including phenoxy) is 7. The smallest absolute Gasteiger partial charge is 0.340 e. The van der Waals surface area contributed by atoms with Gasteiger partial charge in [0, 0.05) is 11.1 Å². The number of esters is 1. The molecule has 3 aromatic rings. The van der Waals surface area contributed by atoms with Crippen molar-refractivity contribution in [1.29, 1.82) is 0 Å². The Morgan fingerprint density at radius 3 is 1.28 bits per heavy atom. The summed E-state index contributed by atoms with van der Waals surface area (Å²) in [5.41, 5.74) is -0.265. The third-order valence-corrected chi connectivity index (χ3v) is 6.06. The molecular formula is C32H32O11. The summed E-state index contributed by atoms with van der Waals surface area (Å²) in [6.07, 6.45) is 0.501. The summed E-state index contributed by atoms with van der Waals surface area (Å²) in [5.74, 6) is 9.52. The standard InChI is InChI=1S/C32H32O11/c1-8-13-43-32(36)26-20(11-9-18-14-22(37-2)30(41-6)23(15-18)38-3)27(33)29(35)28(34)21(26)12-10-19-16-24(39-4)31(42-7)25(17-19)40-5/h14-17,33-35H,8,13H2,1-7H3. The molecule has 0 saturated carbocycles. The zero-order valence-corrected chi connectivity index (χ0v) is 24.8. The van der Waals surface area contributed by atoms with Crippen molar-refractivity contribution < 1.29 is 53.3 Å². The van der Waals surface area contributed by atoms with Gasteiger partial charge in [0.15, 0.2) is 34.5 Å². The lowest BCUT2D eigenvalue weighted by Gasteiger charge is -2.14. The van der Waals surface area contributed by atoms with E-state index in [-0.39, 0.29) is 23.3 Å². The van der Waals surface area contributed by atoms with E-state index in [1.54, 1.807) is 31.2 Å². The molecule has 3 rings (SSSR count). The Labute approximate surface area is 249 Å². The van der Waals surface area contributed by atoms with Crippen molar-refractivity contribution >= 4 is 5.97 Å². The van der Waals surface area contributed by atoms with Crippen molar-refractivity contribution in [2.24, 2.45) is 0 Å². The monoisotopic (exact) mass is 592 g/mol. The fraction of sp³-hybridized carbons (Fsp3) is 0.281. The molecule has 0 aliphatic rings. The van der Waals surface area contributed by atoms with E-state index in [1.165, 1.54) is 42.7 Å². The van der Waals surface area contributed by atoms with Crippen molar-refractivity contribution in [3.63, 3.8) is 0 Å². The van der Waals surface area contributed by atoms with Gasteiger partial charge in [0.25, 0.3) is 0 Å². The van der Waals surface area contributed by atoms with E-state index in [2.05, 4.69) is 23.7 Å². The number of hydrogen-bond donors (Lipinski definition) is 3. The lowest BCUT2D eigenvalue weighted by atomic mass is 9.97. The predicted molar refractivity (Wildman–Crippen MR) is 156 cm³/mol. The lowest BCUT2D eigenvalue weighted by molar-refractivity contribution is 0.0503. The van der Waals surface area contributed by atoms with Gasteiger partial charge in [0.1, 0.15) is 0 Å². The third kappa shape index (κ3) is 6.68.